The molecule has 28 heavy (non-hydrogen) atoms. The first-order valence-corrected chi connectivity index (χ1v) is 10.5. The third kappa shape index (κ3) is 5.55. The van der Waals surface area contributed by atoms with Crippen LogP contribution in [0, 0.1) is 12.8 Å². The van der Waals surface area contributed by atoms with E-state index in [0.717, 1.165) is 63.7 Å². The number of benzene rings is 1. The third-order valence-electron chi connectivity index (χ3n) is 6.11. The maximum absolute atomic E-state index is 12.8. The summed E-state index contributed by atoms with van der Waals surface area (Å²) in [7, 11) is 0. The van der Waals surface area contributed by atoms with Gasteiger partial charge in [0.15, 0.2) is 0 Å². The fourth-order valence-electron chi connectivity index (χ4n) is 4.00. The number of rotatable bonds is 5. The van der Waals surface area contributed by atoms with Gasteiger partial charge in [-0.15, -0.1) is 0 Å². The van der Waals surface area contributed by atoms with E-state index >= 15 is 0 Å². The standard InChI is InChI=1S/C22H34N4O2/c1-17-4-6-20(7-5-17)23-21(27)16-24-12-14-25(15-13-24)19(3)22(28)26-10-8-18(2)9-11-26/h4-7,18-19H,8-16H2,1-3H3,(H,23,27)/t19-/m0/s1. The quantitative estimate of drug-likeness (QED) is 0.843. The van der Waals surface area contributed by atoms with Crippen molar-refractivity contribution in [3.63, 3.8) is 0 Å². The molecule has 2 heterocycles. The van der Waals surface area contributed by atoms with Gasteiger partial charge in [-0.1, -0.05) is 24.6 Å². The number of carbonyl (C=O) groups excluding carboxylic acids is 2. The molecule has 2 amide bonds. The number of aryl methyl sites for hydroxylation is 1. The van der Waals surface area contributed by atoms with Gasteiger partial charge < -0.3 is 10.2 Å². The number of piperidine rings is 1. The summed E-state index contributed by atoms with van der Waals surface area (Å²) in [5, 5.41) is 2.96. The van der Waals surface area contributed by atoms with E-state index in [9.17, 15) is 9.59 Å². The lowest BCUT2D eigenvalue weighted by molar-refractivity contribution is -0.138. The first-order valence-electron chi connectivity index (χ1n) is 10.5. The minimum absolute atomic E-state index is 0.0175. The Hall–Kier alpha value is -1.92. The zero-order valence-electron chi connectivity index (χ0n) is 17.5. The lowest BCUT2D eigenvalue weighted by Gasteiger charge is -2.40. The number of nitrogens with zero attached hydrogens (tertiary/aromatic N) is 3. The van der Waals surface area contributed by atoms with Gasteiger partial charge in [0, 0.05) is 45.0 Å². The van der Waals surface area contributed by atoms with Crippen molar-refractivity contribution in [2.24, 2.45) is 5.92 Å². The zero-order chi connectivity index (χ0) is 20.1. The molecule has 2 aliphatic heterocycles. The van der Waals surface area contributed by atoms with Gasteiger partial charge in [0.05, 0.1) is 12.6 Å². The second-order valence-electron chi connectivity index (χ2n) is 8.41. The lowest BCUT2D eigenvalue weighted by atomic mass is 9.98. The van der Waals surface area contributed by atoms with Crippen LogP contribution in [0.1, 0.15) is 32.3 Å². The number of piperazine rings is 1. The molecule has 1 atom stereocenters. The Morgan fingerprint density at radius 1 is 1.04 bits per heavy atom. The fraction of sp³-hybridized carbons (Fsp3) is 0.636. The molecule has 0 aliphatic carbocycles. The Morgan fingerprint density at radius 2 is 1.64 bits per heavy atom. The van der Waals surface area contributed by atoms with E-state index in [4.69, 9.17) is 0 Å². The van der Waals surface area contributed by atoms with Crippen LogP contribution in [0.4, 0.5) is 5.69 Å². The molecule has 0 aromatic heterocycles. The van der Waals surface area contributed by atoms with Crippen LogP contribution in [0.25, 0.3) is 0 Å². The van der Waals surface area contributed by atoms with Crippen molar-refractivity contribution in [3.8, 4) is 0 Å². The average Bonchev–Trinajstić information content (AvgIpc) is 2.70. The minimum Gasteiger partial charge on any atom is -0.341 e. The molecule has 6 nitrogen and oxygen atoms in total. The van der Waals surface area contributed by atoms with Crippen molar-refractivity contribution in [3.05, 3.63) is 29.8 Å². The van der Waals surface area contributed by atoms with Crippen molar-refractivity contribution in [1.29, 1.82) is 0 Å². The van der Waals surface area contributed by atoms with Crippen LogP contribution in [0.2, 0.25) is 0 Å². The summed E-state index contributed by atoms with van der Waals surface area (Å²) in [4.78, 5) is 31.6. The lowest BCUT2D eigenvalue weighted by Crippen LogP contribution is -2.56. The van der Waals surface area contributed by atoms with Crippen LogP contribution >= 0.6 is 0 Å². The molecule has 1 aromatic carbocycles. The first-order chi connectivity index (χ1) is 13.4. The second kappa shape index (κ2) is 9.52. The normalized spacial score (nSPS) is 20.8. The summed E-state index contributed by atoms with van der Waals surface area (Å²) < 4.78 is 0. The van der Waals surface area contributed by atoms with Crippen LogP contribution < -0.4 is 5.32 Å². The van der Waals surface area contributed by atoms with E-state index in [1.807, 2.05) is 43.0 Å². The average molecular weight is 387 g/mol. The largest absolute Gasteiger partial charge is 0.341 e. The van der Waals surface area contributed by atoms with Gasteiger partial charge in [0.1, 0.15) is 0 Å². The predicted molar refractivity (Wildman–Crippen MR) is 112 cm³/mol. The Balaban J connectivity index is 1.41. The fourth-order valence-corrected chi connectivity index (χ4v) is 4.00. The van der Waals surface area contributed by atoms with Gasteiger partial charge in [0.25, 0.3) is 0 Å². The van der Waals surface area contributed by atoms with Crippen LogP contribution in [-0.2, 0) is 9.59 Å². The maximum atomic E-state index is 12.8. The number of amides is 2. The van der Waals surface area contributed by atoms with E-state index in [1.54, 1.807) is 0 Å². The van der Waals surface area contributed by atoms with Crippen molar-refractivity contribution in [1.82, 2.24) is 14.7 Å². The number of hydrogen-bond acceptors (Lipinski definition) is 4. The molecule has 2 saturated heterocycles. The molecule has 154 valence electrons. The summed E-state index contributed by atoms with van der Waals surface area (Å²) in [6.45, 7) is 11.8. The maximum Gasteiger partial charge on any atom is 0.239 e. The van der Waals surface area contributed by atoms with E-state index in [1.165, 1.54) is 5.56 Å². The van der Waals surface area contributed by atoms with Gasteiger partial charge >= 0.3 is 0 Å². The molecule has 0 saturated carbocycles. The molecule has 3 rings (SSSR count). The van der Waals surface area contributed by atoms with Gasteiger partial charge in [-0.3, -0.25) is 19.4 Å². The number of likely N-dealkylation sites (tertiary alicyclic amines) is 1. The van der Waals surface area contributed by atoms with E-state index in [-0.39, 0.29) is 17.9 Å². The molecule has 0 radical (unpaired) electrons. The molecule has 1 N–H and O–H groups in total. The highest BCUT2D eigenvalue weighted by atomic mass is 16.2. The molecule has 1 aromatic rings. The Labute approximate surface area is 168 Å². The second-order valence-corrected chi connectivity index (χ2v) is 8.41. The van der Waals surface area contributed by atoms with Crippen LogP contribution in [0.3, 0.4) is 0 Å². The van der Waals surface area contributed by atoms with Crippen molar-refractivity contribution in [2.75, 3.05) is 51.1 Å². The van der Waals surface area contributed by atoms with Gasteiger partial charge in [-0.05, 0) is 44.7 Å². The molecular weight excluding hydrogens is 352 g/mol. The number of anilines is 1. The van der Waals surface area contributed by atoms with Crippen molar-refractivity contribution >= 4 is 17.5 Å². The molecule has 0 bridgehead atoms. The number of hydrogen-bond donors (Lipinski definition) is 1. The van der Waals surface area contributed by atoms with E-state index in [0.29, 0.717) is 6.54 Å². The summed E-state index contributed by atoms with van der Waals surface area (Å²) in [6, 6.07) is 7.78. The van der Waals surface area contributed by atoms with Gasteiger partial charge in [-0.2, -0.15) is 0 Å². The molecular formula is C22H34N4O2. The third-order valence-corrected chi connectivity index (χ3v) is 6.11. The van der Waals surface area contributed by atoms with Crippen LogP contribution in [0.15, 0.2) is 24.3 Å². The van der Waals surface area contributed by atoms with Crippen molar-refractivity contribution in [2.45, 2.75) is 39.7 Å². The SMILES string of the molecule is Cc1ccc(NC(=O)CN2CCN([C@@H](C)C(=O)N3CCC(C)CC3)CC2)cc1. The summed E-state index contributed by atoms with van der Waals surface area (Å²) in [6.07, 6.45) is 2.23. The molecule has 2 fully saturated rings. The topological polar surface area (TPSA) is 55.9 Å². The smallest absolute Gasteiger partial charge is 0.239 e. The highest BCUT2D eigenvalue weighted by Gasteiger charge is 2.30. The molecule has 2 aliphatic rings. The van der Waals surface area contributed by atoms with E-state index in [2.05, 4.69) is 22.0 Å². The van der Waals surface area contributed by atoms with Crippen LogP contribution in [-0.4, -0.2) is 78.4 Å². The van der Waals surface area contributed by atoms with E-state index < -0.39 is 0 Å². The first kappa shape index (κ1) is 20.8. The Kier molecular flexibility index (Phi) is 7.08. The highest BCUT2D eigenvalue weighted by molar-refractivity contribution is 5.92. The minimum atomic E-state index is -0.0723. The van der Waals surface area contributed by atoms with Crippen molar-refractivity contribution < 1.29 is 9.59 Å². The summed E-state index contributed by atoms with van der Waals surface area (Å²) in [5.41, 5.74) is 2.01. The Morgan fingerprint density at radius 3 is 2.25 bits per heavy atom. The van der Waals surface area contributed by atoms with Crippen LogP contribution in [0.5, 0.6) is 0 Å². The van der Waals surface area contributed by atoms with Gasteiger partial charge in [0.2, 0.25) is 11.8 Å². The molecule has 0 unspecified atom stereocenters. The number of carbonyl (C=O) groups is 2. The summed E-state index contributed by atoms with van der Waals surface area (Å²) >= 11 is 0. The molecule has 0 spiro atoms. The zero-order valence-corrected chi connectivity index (χ0v) is 17.5. The highest BCUT2D eigenvalue weighted by Crippen LogP contribution is 2.18. The summed E-state index contributed by atoms with van der Waals surface area (Å²) in [5.74, 6) is 1.01. The predicted octanol–water partition coefficient (Wildman–Crippen LogP) is 2.20. The monoisotopic (exact) mass is 386 g/mol. The van der Waals surface area contributed by atoms with Gasteiger partial charge in [-0.25, -0.2) is 0 Å². The number of nitrogens with one attached hydrogen (secondary N) is 1. The Bertz CT molecular complexity index is 660. The molecule has 6 heteroatoms.